The molecule has 3 aliphatic rings. The number of nitrogens with one attached hydrogen (secondary N) is 1. The number of ether oxygens (including phenoxy) is 1. The Morgan fingerprint density at radius 1 is 1.28 bits per heavy atom. The average Bonchev–Trinajstić information content (AvgIpc) is 3.41. The van der Waals surface area contributed by atoms with E-state index >= 15 is 0 Å². The third-order valence-corrected chi connectivity index (χ3v) is 6.41. The van der Waals surface area contributed by atoms with E-state index in [-0.39, 0.29) is 17.2 Å². The third-order valence-electron chi connectivity index (χ3n) is 6.41. The standard InChI is InChI=1S/C22H27FN4O2/c1-13-3-4-16(18(28)7-13)20-17-11-29-12-22(5-6-22)19(17)21(26-25-20)24-15-8-14(23)9-27(2)10-15/h3-4,7,14-15,28H,5-6,8-12H2,1-2H3,(H,24,26)/t14-,15-/m1/s1. The number of nitrogens with zero attached hydrogens (tertiary/aromatic N) is 3. The number of halogens is 1. The van der Waals surface area contributed by atoms with Crippen molar-refractivity contribution in [1.29, 1.82) is 0 Å². The van der Waals surface area contributed by atoms with E-state index in [2.05, 4.69) is 15.5 Å². The molecule has 0 unspecified atom stereocenters. The molecule has 2 N–H and O–H groups in total. The number of aromatic nitrogens is 2. The number of piperidine rings is 1. The summed E-state index contributed by atoms with van der Waals surface area (Å²) in [5.41, 5.74) is 4.45. The molecule has 3 heterocycles. The molecule has 2 aliphatic heterocycles. The van der Waals surface area contributed by atoms with Gasteiger partial charge in [0, 0.05) is 47.7 Å². The molecule has 1 spiro atoms. The lowest BCUT2D eigenvalue weighted by atomic mass is 9.88. The second-order valence-electron chi connectivity index (χ2n) is 8.94. The van der Waals surface area contributed by atoms with Crippen LogP contribution in [0.3, 0.4) is 0 Å². The molecule has 0 amide bonds. The van der Waals surface area contributed by atoms with E-state index in [9.17, 15) is 9.50 Å². The summed E-state index contributed by atoms with van der Waals surface area (Å²) in [7, 11) is 1.95. The van der Waals surface area contributed by atoms with Crippen molar-refractivity contribution in [2.45, 2.75) is 50.4 Å². The number of aromatic hydroxyl groups is 1. The van der Waals surface area contributed by atoms with Crippen LogP contribution in [0, 0.1) is 6.92 Å². The van der Waals surface area contributed by atoms with Crippen LogP contribution in [0.4, 0.5) is 10.2 Å². The molecule has 1 saturated heterocycles. The van der Waals surface area contributed by atoms with E-state index in [4.69, 9.17) is 4.74 Å². The number of phenols is 1. The molecule has 2 aromatic rings. The highest BCUT2D eigenvalue weighted by atomic mass is 19.1. The zero-order chi connectivity index (χ0) is 20.2. The smallest absolute Gasteiger partial charge is 0.153 e. The van der Waals surface area contributed by atoms with Crippen LogP contribution in [0.1, 0.15) is 36.0 Å². The summed E-state index contributed by atoms with van der Waals surface area (Å²) in [5.74, 6) is 0.954. The Morgan fingerprint density at radius 3 is 2.83 bits per heavy atom. The number of aryl methyl sites for hydroxylation is 1. The lowest BCUT2D eigenvalue weighted by Crippen LogP contribution is -2.45. The number of rotatable bonds is 3. The normalized spacial score (nSPS) is 25.6. The number of hydrogen-bond donors (Lipinski definition) is 2. The summed E-state index contributed by atoms with van der Waals surface area (Å²) in [4.78, 5) is 2.01. The molecule has 154 valence electrons. The predicted octanol–water partition coefficient (Wildman–Crippen LogP) is 3.17. The second-order valence-corrected chi connectivity index (χ2v) is 8.94. The monoisotopic (exact) mass is 398 g/mol. The summed E-state index contributed by atoms with van der Waals surface area (Å²) in [6.45, 7) is 4.32. The average molecular weight is 398 g/mol. The molecule has 6 nitrogen and oxygen atoms in total. The van der Waals surface area contributed by atoms with Crippen molar-refractivity contribution in [1.82, 2.24) is 15.1 Å². The molecule has 1 aliphatic carbocycles. The number of phenolic OH excluding ortho intramolecular Hbond substituents is 1. The van der Waals surface area contributed by atoms with Gasteiger partial charge in [-0.3, -0.25) is 0 Å². The topological polar surface area (TPSA) is 70.5 Å². The Kier molecular flexibility index (Phi) is 4.47. The molecule has 2 fully saturated rings. The summed E-state index contributed by atoms with van der Waals surface area (Å²) >= 11 is 0. The van der Waals surface area contributed by atoms with E-state index in [0.717, 1.165) is 41.9 Å². The van der Waals surface area contributed by atoms with E-state index in [0.29, 0.717) is 37.4 Å². The SMILES string of the molecule is Cc1ccc(-c2nnc(N[C@@H]3C[C@@H](F)CN(C)C3)c3c2COCC32CC2)c(O)c1. The van der Waals surface area contributed by atoms with Crippen LogP contribution >= 0.6 is 0 Å². The van der Waals surface area contributed by atoms with Crippen LogP contribution in [0.25, 0.3) is 11.3 Å². The fourth-order valence-electron chi connectivity index (χ4n) is 4.85. The Labute approximate surface area is 170 Å². The first kappa shape index (κ1) is 18.8. The molecule has 0 bridgehead atoms. The van der Waals surface area contributed by atoms with Crippen molar-refractivity contribution in [3.63, 3.8) is 0 Å². The lowest BCUT2D eigenvalue weighted by Gasteiger charge is -2.35. The van der Waals surface area contributed by atoms with Crippen LogP contribution < -0.4 is 5.32 Å². The number of hydrogen-bond acceptors (Lipinski definition) is 6. The number of likely N-dealkylation sites (N-methyl/N-ethyl adjacent to an activating group) is 1. The zero-order valence-electron chi connectivity index (χ0n) is 16.9. The van der Waals surface area contributed by atoms with Crippen molar-refractivity contribution in [3.8, 4) is 17.0 Å². The molecule has 1 aromatic heterocycles. The highest BCUT2D eigenvalue weighted by Crippen LogP contribution is 2.55. The summed E-state index contributed by atoms with van der Waals surface area (Å²) in [5, 5.41) is 23.0. The van der Waals surface area contributed by atoms with Crippen LogP contribution in [-0.4, -0.2) is 59.2 Å². The molecule has 7 heteroatoms. The first-order valence-electron chi connectivity index (χ1n) is 10.3. The van der Waals surface area contributed by atoms with Crippen molar-refractivity contribution in [2.24, 2.45) is 0 Å². The second kappa shape index (κ2) is 6.92. The van der Waals surface area contributed by atoms with E-state index in [1.165, 1.54) is 0 Å². The van der Waals surface area contributed by atoms with Gasteiger partial charge in [0.05, 0.1) is 13.2 Å². The van der Waals surface area contributed by atoms with Gasteiger partial charge >= 0.3 is 0 Å². The molecular formula is C22H27FN4O2. The van der Waals surface area contributed by atoms with Gasteiger partial charge in [0.15, 0.2) is 5.82 Å². The summed E-state index contributed by atoms with van der Waals surface area (Å²) in [6.07, 6.45) is 1.74. The molecule has 29 heavy (non-hydrogen) atoms. The van der Waals surface area contributed by atoms with Crippen molar-refractivity contribution >= 4 is 5.82 Å². The van der Waals surface area contributed by atoms with Crippen molar-refractivity contribution in [3.05, 3.63) is 34.9 Å². The maximum Gasteiger partial charge on any atom is 0.153 e. The zero-order valence-corrected chi connectivity index (χ0v) is 16.9. The number of fused-ring (bicyclic) bond motifs is 2. The van der Waals surface area contributed by atoms with Gasteiger partial charge < -0.3 is 20.1 Å². The molecule has 2 atom stereocenters. The number of anilines is 1. The predicted molar refractivity (Wildman–Crippen MR) is 109 cm³/mol. The maximum atomic E-state index is 14.1. The number of alkyl halides is 1. The Morgan fingerprint density at radius 2 is 2.10 bits per heavy atom. The fraction of sp³-hybridized carbons (Fsp3) is 0.545. The first-order valence-corrected chi connectivity index (χ1v) is 10.3. The number of benzene rings is 1. The largest absolute Gasteiger partial charge is 0.507 e. The van der Waals surface area contributed by atoms with E-state index in [1.807, 2.05) is 31.0 Å². The third kappa shape index (κ3) is 3.36. The first-order chi connectivity index (χ1) is 13.9. The molecule has 5 rings (SSSR count). The minimum Gasteiger partial charge on any atom is -0.507 e. The minimum atomic E-state index is -0.836. The van der Waals surface area contributed by atoms with Crippen LogP contribution in [0.15, 0.2) is 18.2 Å². The quantitative estimate of drug-likeness (QED) is 0.828. The van der Waals surface area contributed by atoms with Crippen LogP contribution in [0.2, 0.25) is 0 Å². The van der Waals surface area contributed by atoms with Gasteiger partial charge in [-0.1, -0.05) is 6.07 Å². The molecular weight excluding hydrogens is 371 g/mol. The number of likely N-dealkylation sites (tertiary alicyclic amines) is 1. The Bertz CT molecular complexity index is 937. The summed E-state index contributed by atoms with van der Waals surface area (Å²) < 4.78 is 20.0. The molecule has 1 saturated carbocycles. The lowest BCUT2D eigenvalue weighted by molar-refractivity contribution is 0.0838. The summed E-state index contributed by atoms with van der Waals surface area (Å²) in [6, 6.07) is 5.59. The van der Waals surface area contributed by atoms with Crippen molar-refractivity contribution < 1.29 is 14.2 Å². The van der Waals surface area contributed by atoms with Crippen LogP contribution in [-0.2, 0) is 16.8 Å². The van der Waals surface area contributed by atoms with Gasteiger partial charge in [-0.25, -0.2) is 4.39 Å². The van der Waals surface area contributed by atoms with Gasteiger partial charge in [-0.05, 0) is 44.5 Å². The van der Waals surface area contributed by atoms with Gasteiger partial charge in [-0.2, -0.15) is 0 Å². The molecule has 0 radical (unpaired) electrons. The van der Waals surface area contributed by atoms with Gasteiger partial charge in [0.1, 0.15) is 17.6 Å². The van der Waals surface area contributed by atoms with Gasteiger partial charge in [0.2, 0.25) is 0 Å². The Hall–Kier alpha value is -2.25. The van der Waals surface area contributed by atoms with Gasteiger partial charge in [0.25, 0.3) is 0 Å². The van der Waals surface area contributed by atoms with Gasteiger partial charge in [-0.15, -0.1) is 10.2 Å². The Balaban J connectivity index is 1.57. The van der Waals surface area contributed by atoms with Crippen molar-refractivity contribution in [2.75, 3.05) is 32.1 Å². The molecule has 1 aromatic carbocycles. The minimum absolute atomic E-state index is 0.000535. The highest BCUT2D eigenvalue weighted by molar-refractivity contribution is 5.74. The van der Waals surface area contributed by atoms with E-state index < -0.39 is 6.17 Å². The highest BCUT2D eigenvalue weighted by Gasteiger charge is 2.51. The fourth-order valence-corrected chi connectivity index (χ4v) is 4.85. The maximum absolute atomic E-state index is 14.1. The van der Waals surface area contributed by atoms with Crippen LogP contribution in [0.5, 0.6) is 5.75 Å². The van der Waals surface area contributed by atoms with E-state index in [1.54, 1.807) is 6.07 Å².